The fourth-order valence-electron chi connectivity index (χ4n) is 1.65. The summed E-state index contributed by atoms with van der Waals surface area (Å²) in [6, 6.07) is 11.1. The highest BCUT2D eigenvalue weighted by atomic mass is 16.1. The van der Waals surface area contributed by atoms with Crippen LogP contribution < -0.4 is 5.56 Å². The third-order valence-corrected chi connectivity index (χ3v) is 2.69. The Kier molecular flexibility index (Phi) is 2.84. The molecule has 1 aromatic carbocycles. The molecule has 3 nitrogen and oxygen atoms in total. The molecule has 0 spiro atoms. The predicted octanol–water partition coefficient (Wildman–Crippen LogP) is 2.53. The smallest absolute Gasteiger partial charge is 0.267 e. The van der Waals surface area contributed by atoms with Crippen LogP contribution in [0.5, 0.6) is 0 Å². The van der Waals surface area contributed by atoms with Gasteiger partial charge in [0.15, 0.2) is 0 Å². The summed E-state index contributed by atoms with van der Waals surface area (Å²) < 4.78 is 1.40. The Bertz CT molecular complexity index is 562. The van der Waals surface area contributed by atoms with E-state index in [1.165, 1.54) is 16.3 Å². The van der Waals surface area contributed by atoms with Crippen molar-refractivity contribution in [2.24, 2.45) is 0 Å². The van der Waals surface area contributed by atoms with Gasteiger partial charge >= 0.3 is 0 Å². The summed E-state index contributed by atoms with van der Waals surface area (Å²) in [7, 11) is 0. The Balaban J connectivity index is 2.44. The molecule has 17 heavy (non-hydrogen) atoms. The maximum absolute atomic E-state index is 11.6. The molecule has 0 bridgehead atoms. The van der Waals surface area contributed by atoms with Gasteiger partial charge in [0.05, 0.1) is 5.69 Å². The number of rotatable bonds is 1. The normalized spacial score (nSPS) is 11.5. The number of benzene rings is 1. The number of hydrogen-bond donors (Lipinski definition) is 0. The first-order chi connectivity index (χ1) is 7.98. The predicted molar refractivity (Wildman–Crippen MR) is 68.5 cm³/mol. The minimum atomic E-state index is -0.115. The van der Waals surface area contributed by atoms with E-state index in [1.807, 2.05) is 24.3 Å². The number of nitrogens with zero attached hydrogens (tertiary/aromatic N) is 2. The van der Waals surface area contributed by atoms with E-state index >= 15 is 0 Å². The Labute approximate surface area is 101 Å². The van der Waals surface area contributed by atoms with Gasteiger partial charge in [0.1, 0.15) is 0 Å². The van der Waals surface area contributed by atoms with Gasteiger partial charge in [-0.3, -0.25) is 4.79 Å². The van der Waals surface area contributed by atoms with E-state index in [9.17, 15) is 4.79 Å². The van der Waals surface area contributed by atoms with Crippen LogP contribution in [0.2, 0.25) is 0 Å². The Hall–Kier alpha value is -1.90. The summed E-state index contributed by atoms with van der Waals surface area (Å²) in [4.78, 5) is 11.6. The molecule has 0 atom stereocenters. The van der Waals surface area contributed by atoms with Crippen LogP contribution >= 0.6 is 0 Å². The minimum absolute atomic E-state index is 0.115. The fraction of sp³-hybridized carbons (Fsp3) is 0.286. The molecule has 0 N–H and O–H groups in total. The molecule has 0 aliphatic carbocycles. The standard InChI is InChI=1S/C14H16N2O/c1-14(2,3)11-6-8-12(9-7-11)16-13(17)5-4-10-15-16/h4-10H,1-3H3. The lowest BCUT2D eigenvalue weighted by Gasteiger charge is -2.19. The van der Waals surface area contributed by atoms with Crippen molar-refractivity contribution in [3.63, 3.8) is 0 Å². The molecule has 0 saturated carbocycles. The van der Waals surface area contributed by atoms with Crippen molar-refractivity contribution in [2.45, 2.75) is 26.2 Å². The van der Waals surface area contributed by atoms with Crippen LogP contribution in [0.3, 0.4) is 0 Å². The zero-order valence-corrected chi connectivity index (χ0v) is 10.3. The van der Waals surface area contributed by atoms with E-state index in [4.69, 9.17) is 0 Å². The van der Waals surface area contributed by atoms with Crippen LogP contribution in [0.1, 0.15) is 26.3 Å². The van der Waals surface area contributed by atoms with E-state index in [0.29, 0.717) is 0 Å². The van der Waals surface area contributed by atoms with Crippen LogP contribution in [0.15, 0.2) is 47.4 Å². The first kappa shape index (κ1) is 11.6. The largest absolute Gasteiger partial charge is 0.271 e. The Morgan fingerprint density at radius 1 is 1.06 bits per heavy atom. The molecule has 0 radical (unpaired) electrons. The van der Waals surface area contributed by atoms with Gasteiger partial charge in [-0.25, -0.2) is 0 Å². The molecule has 2 aromatic rings. The third-order valence-electron chi connectivity index (χ3n) is 2.69. The van der Waals surface area contributed by atoms with Crippen molar-refractivity contribution < 1.29 is 0 Å². The molecular weight excluding hydrogens is 212 g/mol. The van der Waals surface area contributed by atoms with Crippen molar-refractivity contribution >= 4 is 0 Å². The van der Waals surface area contributed by atoms with Gasteiger partial charge in [-0.05, 0) is 29.2 Å². The maximum atomic E-state index is 11.6. The summed E-state index contributed by atoms with van der Waals surface area (Å²) in [6.45, 7) is 6.48. The van der Waals surface area contributed by atoms with E-state index in [0.717, 1.165) is 5.69 Å². The minimum Gasteiger partial charge on any atom is -0.267 e. The van der Waals surface area contributed by atoms with Crippen molar-refractivity contribution in [1.82, 2.24) is 9.78 Å². The zero-order valence-electron chi connectivity index (χ0n) is 10.3. The molecule has 0 aliphatic rings. The lowest BCUT2D eigenvalue weighted by atomic mass is 9.87. The van der Waals surface area contributed by atoms with E-state index in [1.54, 1.807) is 12.3 Å². The molecule has 3 heteroatoms. The van der Waals surface area contributed by atoms with Gasteiger partial charge < -0.3 is 0 Å². The monoisotopic (exact) mass is 228 g/mol. The van der Waals surface area contributed by atoms with Crippen LogP contribution in [0, 0.1) is 0 Å². The SMILES string of the molecule is CC(C)(C)c1ccc(-n2ncccc2=O)cc1. The Morgan fingerprint density at radius 3 is 2.24 bits per heavy atom. The average Bonchev–Trinajstić information content (AvgIpc) is 2.29. The molecule has 0 unspecified atom stereocenters. The number of aromatic nitrogens is 2. The summed E-state index contributed by atoms with van der Waals surface area (Å²) in [5.41, 5.74) is 2.04. The van der Waals surface area contributed by atoms with Gasteiger partial charge in [0, 0.05) is 12.3 Å². The van der Waals surface area contributed by atoms with Crippen LogP contribution in [0.25, 0.3) is 5.69 Å². The quantitative estimate of drug-likeness (QED) is 0.751. The summed E-state index contributed by atoms with van der Waals surface area (Å²) >= 11 is 0. The molecular formula is C14H16N2O. The summed E-state index contributed by atoms with van der Waals surface area (Å²) in [5.74, 6) is 0. The van der Waals surface area contributed by atoms with E-state index in [-0.39, 0.29) is 11.0 Å². The van der Waals surface area contributed by atoms with Crippen LogP contribution in [-0.2, 0) is 5.41 Å². The van der Waals surface area contributed by atoms with Gasteiger partial charge in [-0.15, -0.1) is 0 Å². The third kappa shape index (κ3) is 2.44. The number of hydrogen-bond acceptors (Lipinski definition) is 2. The second-order valence-corrected chi connectivity index (χ2v) is 5.07. The lowest BCUT2D eigenvalue weighted by Crippen LogP contribution is -2.19. The topological polar surface area (TPSA) is 34.9 Å². The highest BCUT2D eigenvalue weighted by Gasteiger charge is 2.13. The molecule has 0 aliphatic heterocycles. The molecule has 2 rings (SSSR count). The van der Waals surface area contributed by atoms with E-state index < -0.39 is 0 Å². The first-order valence-corrected chi connectivity index (χ1v) is 5.64. The molecule has 0 amide bonds. The van der Waals surface area contributed by atoms with E-state index in [2.05, 4.69) is 25.9 Å². The summed E-state index contributed by atoms with van der Waals surface area (Å²) in [5, 5.41) is 4.04. The second kappa shape index (κ2) is 4.17. The lowest BCUT2D eigenvalue weighted by molar-refractivity contribution is 0.590. The zero-order chi connectivity index (χ0) is 12.5. The van der Waals surface area contributed by atoms with Gasteiger partial charge in [-0.2, -0.15) is 9.78 Å². The second-order valence-electron chi connectivity index (χ2n) is 5.07. The molecule has 88 valence electrons. The van der Waals surface area contributed by atoms with Crippen molar-refractivity contribution in [3.05, 3.63) is 58.5 Å². The molecule has 0 saturated heterocycles. The van der Waals surface area contributed by atoms with Gasteiger partial charge in [0.25, 0.3) is 5.56 Å². The van der Waals surface area contributed by atoms with Crippen molar-refractivity contribution in [2.75, 3.05) is 0 Å². The summed E-state index contributed by atoms with van der Waals surface area (Å²) in [6.07, 6.45) is 1.61. The van der Waals surface area contributed by atoms with Crippen molar-refractivity contribution in [3.8, 4) is 5.69 Å². The molecule has 0 fully saturated rings. The molecule has 1 heterocycles. The highest BCUT2D eigenvalue weighted by Crippen LogP contribution is 2.22. The maximum Gasteiger partial charge on any atom is 0.271 e. The van der Waals surface area contributed by atoms with Crippen molar-refractivity contribution in [1.29, 1.82) is 0 Å². The fourth-order valence-corrected chi connectivity index (χ4v) is 1.65. The first-order valence-electron chi connectivity index (χ1n) is 5.64. The van der Waals surface area contributed by atoms with Gasteiger partial charge in [0.2, 0.25) is 0 Å². The molecule has 1 aromatic heterocycles. The highest BCUT2D eigenvalue weighted by molar-refractivity contribution is 5.36. The average molecular weight is 228 g/mol. The van der Waals surface area contributed by atoms with Crippen LogP contribution in [-0.4, -0.2) is 9.78 Å². The van der Waals surface area contributed by atoms with Crippen LogP contribution in [0.4, 0.5) is 0 Å². The Morgan fingerprint density at radius 2 is 1.71 bits per heavy atom. The van der Waals surface area contributed by atoms with Gasteiger partial charge in [-0.1, -0.05) is 32.9 Å².